The highest BCUT2D eigenvalue weighted by atomic mass is 16.5. The van der Waals surface area contributed by atoms with Crippen molar-refractivity contribution in [3.8, 4) is 0 Å². The molecule has 0 aliphatic carbocycles. The summed E-state index contributed by atoms with van der Waals surface area (Å²) >= 11 is 0. The van der Waals surface area contributed by atoms with Crippen molar-refractivity contribution in [2.24, 2.45) is 0 Å². The number of hydrogen-bond acceptors (Lipinski definition) is 6. The van der Waals surface area contributed by atoms with Gasteiger partial charge in [0.15, 0.2) is 0 Å². The lowest BCUT2D eigenvalue weighted by Gasteiger charge is -2.28. The number of rotatable bonds is 5. The minimum absolute atomic E-state index is 0.0806. The number of ether oxygens (including phenoxy) is 2. The third-order valence-electron chi connectivity index (χ3n) is 7.20. The number of fused-ring (bicyclic) bond motifs is 1. The number of benzene rings is 1. The third-order valence-corrected chi connectivity index (χ3v) is 7.20. The van der Waals surface area contributed by atoms with E-state index in [0.29, 0.717) is 36.8 Å². The average molecular weight is 441 g/mol. The van der Waals surface area contributed by atoms with Gasteiger partial charge in [0.1, 0.15) is 13.2 Å². The first kappa shape index (κ1) is 22.5. The molecule has 0 bridgehead atoms. The summed E-state index contributed by atoms with van der Waals surface area (Å²) in [7, 11) is 2.14. The van der Waals surface area contributed by atoms with E-state index in [9.17, 15) is 14.4 Å². The number of carbonyl (C=O) groups excluding carboxylic acids is 3. The minimum atomic E-state index is -0.317. The molecule has 3 aliphatic rings. The zero-order valence-corrected chi connectivity index (χ0v) is 19.2. The largest absolute Gasteiger partial charge is 0.457 e. The molecule has 0 N–H and O–H groups in total. The second-order valence-electron chi connectivity index (χ2n) is 9.06. The fraction of sp³-hybridized carbons (Fsp3) is 0.560. The first-order valence-corrected chi connectivity index (χ1v) is 11.5. The minimum Gasteiger partial charge on any atom is -0.457 e. The molecule has 1 amide bonds. The Bertz CT molecular complexity index is 967. The number of cyclic esters (lactones) is 2. The van der Waals surface area contributed by atoms with E-state index in [0.717, 1.165) is 55.5 Å². The molecule has 172 valence electrons. The summed E-state index contributed by atoms with van der Waals surface area (Å²) in [6.45, 7) is 5.92. The molecule has 3 aliphatic heterocycles. The normalized spacial score (nSPS) is 21.9. The van der Waals surface area contributed by atoms with Gasteiger partial charge in [0.2, 0.25) is 5.91 Å². The van der Waals surface area contributed by atoms with Crippen LogP contribution in [0.2, 0.25) is 0 Å². The number of nitrogens with zero attached hydrogens (tertiary/aromatic N) is 2. The van der Waals surface area contributed by atoms with E-state index in [1.165, 1.54) is 5.56 Å². The summed E-state index contributed by atoms with van der Waals surface area (Å²) in [5.41, 5.74) is 5.40. The van der Waals surface area contributed by atoms with E-state index in [-0.39, 0.29) is 24.5 Å². The predicted octanol–water partition coefficient (Wildman–Crippen LogP) is 3.13. The van der Waals surface area contributed by atoms with Crippen LogP contribution in [0.3, 0.4) is 0 Å². The molecular weight excluding hydrogens is 408 g/mol. The molecule has 0 spiro atoms. The van der Waals surface area contributed by atoms with Crippen LogP contribution >= 0.6 is 0 Å². The molecule has 1 aromatic carbocycles. The number of esters is 2. The van der Waals surface area contributed by atoms with Crippen LogP contribution in [0.15, 0.2) is 23.4 Å². The smallest absolute Gasteiger partial charge is 0.338 e. The van der Waals surface area contributed by atoms with Gasteiger partial charge in [0.25, 0.3) is 0 Å². The van der Waals surface area contributed by atoms with Crippen LogP contribution in [0.25, 0.3) is 0 Å². The number of likely N-dealkylation sites (N-methyl/N-ethyl adjacent to an activating group) is 1. The molecule has 0 saturated carbocycles. The fourth-order valence-electron chi connectivity index (χ4n) is 4.97. The Balaban J connectivity index is 1.37. The Morgan fingerprint density at radius 3 is 2.56 bits per heavy atom. The van der Waals surface area contributed by atoms with Gasteiger partial charge in [-0.05, 0) is 63.8 Å². The quantitative estimate of drug-likeness (QED) is 0.655. The fourth-order valence-corrected chi connectivity index (χ4v) is 4.97. The molecule has 7 heteroatoms. The summed E-state index contributed by atoms with van der Waals surface area (Å²) in [5.74, 6) is -0.462. The van der Waals surface area contributed by atoms with Gasteiger partial charge in [-0.25, -0.2) is 9.59 Å². The van der Waals surface area contributed by atoms with E-state index in [4.69, 9.17) is 9.47 Å². The van der Waals surface area contributed by atoms with E-state index in [1.54, 1.807) is 11.8 Å². The van der Waals surface area contributed by atoms with E-state index >= 15 is 0 Å². The van der Waals surface area contributed by atoms with Crippen molar-refractivity contribution in [1.82, 2.24) is 9.80 Å². The maximum atomic E-state index is 13.0. The van der Waals surface area contributed by atoms with Crippen LogP contribution in [0.4, 0.5) is 0 Å². The molecule has 0 aromatic heterocycles. The molecule has 4 rings (SSSR count). The van der Waals surface area contributed by atoms with Crippen LogP contribution in [0, 0.1) is 6.92 Å². The molecule has 1 saturated heterocycles. The molecule has 1 fully saturated rings. The second kappa shape index (κ2) is 9.45. The second-order valence-corrected chi connectivity index (χ2v) is 9.06. The molecule has 0 radical (unpaired) electrons. The number of amides is 1. The topological polar surface area (TPSA) is 76.2 Å². The first-order valence-electron chi connectivity index (χ1n) is 11.5. The van der Waals surface area contributed by atoms with Crippen LogP contribution in [0.1, 0.15) is 66.1 Å². The van der Waals surface area contributed by atoms with Gasteiger partial charge in [-0.1, -0.05) is 12.5 Å². The molecule has 3 heterocycles. The van der Waals surface area contributed by atoms with Gasteiger partial charge in [0, 0.05) is 31.1 Å². The standard InChI is InChI=1S/C25H32N2O5/c1-16-18(7-9-20-21(16)14-31-25(20)30)11-13-26(3)19-6-4-5-12-27(23(28)10-8-19)22-15-32-24(29)17(22)2/h7,9,19H,4-6,8,10-15H2,1-3H3/t19-/m0/s1. The average Bonchev–Trinajstić information content (AvgIpc) is 3.34. The highest BCUT2D eigenvalue weighted by Gasteiger charge is 2.30. The van der Waals surface area contributed by atoms with Crippen molar-refractivity contribution in [3.63, 3.8) is 0 Å². The Hall–Kier alpha value is -2.67. The van der Waals surface area contributed by atoms with Crippen LogP contribution in [-0.2, 0) is 32.1 Å². The Labute approximate surface area is 189 Å². The molecular formula is C25H32N2O5. The van der Waals surface area contributed by atoms with Crippen molar-refractivity contribution in [3.05, 3.63) is 45.7 Å². The zero-order valence-electron chi connectivity index (χ0n) is 19.2. The predicted molar refractivity (Wildman–Crippen MR) is 119 cm³/mol. The van der Waals surface area contributed by atoms with Gasteiger partial charge in [-0.15, -0.1) is 0 Å². The van der Waals surface area contributed by atoms with Gasteiger partial charge in [-0.2, -0.15) is 0 Å². The summed E-state index contributed by atoms with van der Waals surface area (Å²) in [5, 5.41) is 0. The molecule has 32 heavy (non-hydrogen) atoms. The molecule has 1 aromatic rings. The van der Waals surface area contributed by atoms with Crippen LogP contribution in [-0.4, -0.2) is 60.4 Å². The molecule has 0 unspecified atom stereocenters. The molecule has 1 atom stereocenters. The highest BCUT2D eigenvalue weighted by molar-refractivity contribution is 5.94. The van der Waals surface area contributed by atoms with Gasteiger partial charge in [0.05, 0.1) is 16.8 Å². The summed E-state index contributed by atoms with van der Waals surface area (Å²) in [4.78, 5) is 40.6. The molecule has 7 nitrogen and oxygen atoms in total. The van der Waals surface area contributed by atoms with Crippen molar-refractivity contribution in [2.45, 2.75) is 65.0 Å². The van der Waals surface area contributed by atoms with E-state index in [2.05, 4.69) is 18.9 Å². The van der Waals surface area contributed by atoms with E-state index in [1.807, 2.05) is 12.1 Å². The Morgan fingerprint density at radius 2 is 1.81 bits per heavy atom. The van der Waals surface area contributed by atoms with Gasteiger partial charge in [-0.3, -0.25) is 4.79 Å². The van der Waals surface area contributed by atoms with Gasteiger partial charge < -0.3 is 19.3 Å². The number of hydrogen-bond donors (Lipinski definition) is 0. The van der Waals surface area contributed by atoms with Crippen molar-refractivity contribution < 1.29 is 23.9 Å². The first-order chi connectivity index (χ1) is 15.4. The maximum absolute atomic E-state index is 13.0. The third kappa shape index (κ3) is 4.44. The van der Waals surface area contributed by atoms with Crippen molar-refractivity contribution in [1.29, 1.82) is 0 Å². The summed E-state index contributed by atoms with van der Waals surface area (Å²) in [6.07, 6.45) is 5.18. The van der Waals surface area contributed by atoms with E-state index < -0.39 is 0 Å². The lowest BCUT2D eigenvalue weighted by molar-refractivity contribution is -0.136. The Kier molecular flexibility index (Phi) is 6.65. The van der Waals surface area contributed by atoms with Crippen LogP contribution < -0.4 is 0 Å². The SMILES string of the molecule is CC1=C(N2CCCC[C@H](N(C)CCc3ccc4c(c3C)COC4=O)CCC2=O)COC1=O. The Morgan fingerprint density at radius 1 is 1.03 bits per heavy atom. The van der Waals surface area contributed by atoms with Crippen molar-refractivity contribution >= 4 is 17.8 Å². The maximum Gasteiger partial charge on any atom is 0.338 e. The lowest BCUT2D eigenvalue weighted by Crippen LogP contribution is -2.35. The summed E-state index contributed by atoms with van der Waals surface area (Å²) in [6, 6.07) is 4.27. The van der Waals surface area contributed by atoms with Gasteiger partial charge >= 0.3 is 11.9 Å². The highest BCUT2D eigenvalue weighted by Crippen LogP contribution is 2.27. The zero-order chi connectivity index (χ0) is 22.8. The summed E-state index contributed by atoms with van der Waals surface area (Å²) < 4.78 is 10.3. The monoisotopic (exact) mass is 440 g/mol. The van der Waals surface area contributed by atoms with Crippen LogP contribution in [0.5, 0.6) is 0 Å². The number of carbonyl (C=O) groups is 3. The lowest BCUT2D eigenvalue weighted by atomic mass is 9.96. The van der Waals surface area contributed by atoms with Crippen molar-refractivity contribution in [2.75, 3.05) is 26.7 Å².